The summed E-state index contributed by atoms with van der Waals surface area (Å²) in [6.45, 7) is 8.56. The number of anilines is 1. The Hall–Kier alpha value is -4.43. The fraction of sp³-hybridized carbons (Fsp3) is 0.303. The molecule has 3 aromatic carbocycles. The van der Waals surface area contributed by atoms with Crippen LogP contribution in [0.25, 0.3) is 10.9 Å². The van der Waals surface area contributed by atoms with Gasteiger partial charge in [0.1, 0.15) is 5.75 Å². The minimum absolute atomic E-state index is 0.465. The molecule has 0 aliphatic heterocycles. The number of nitrogens with two attached hydrogens (primary N) is 2. The van der Waals surface area contributed by atoms with Gasteiger partial charge in [-0.05, 0) is 49.2 Å². The highest BCUT2D eigenvalue weighted by Gasteiger charge is 2.23. The summed E-state index contributed by atoms with van der Waals surface area (Å²) >= 11 is 0. The first-order chi connectivity index (χ1) is 19.8. The number of amides is 1. The second kappa shape index (κ2) is 16.6. The van der Waals surface area contributed by atoms with Crippen molar-refractivity contribution in [2.45, 2.75) is 52.9 Å². The number of nitrogens with zero attached hydrogens (tertiary/aromatic N) is 1. The number of carbonyl (C=O) groups excluding carboxylic acids is 1. The van der Waals surface area contributed by atoms with Gasteiger partial charge in [-0.15, -0.1) is 0 Å². The third kappa shape index (κ3) is 8.78. The normalized spacial score (nSPS) is 11.5. The Balaban J connectivity index is 0.000000902. The molecule has 4 aromatic rings. The highest BCUT2D eigenvalue weighted by atomic mass is 16.5. The number of carbonyl (C=O) groups is 1. The molecule has 8 nitrogen and oxygen atoms in total. The number of ether oxygens (including phenoxy) is 1. The summed E-state index contributed by atoms with van der Waals surface area (Å²) in [6.07, 6.45) is 4.66. The van der Waals surface area contributed by atoms with Gasteiger partial charge in [0, 0.05) is 47.6 Å². The average Bonchev–Trinajstić information content (AvgIpc) is 3.36. The van der Waals surface area contributed by atoms with Gasteiger partial charge in [-0.25, -0.2) is 0 Å². The SMILES string of the molecule is CC(=Nc1c(C(C)C(N)=O)[nH]c2ccc(N)c(C=N)c12)c1cccc(OCCc2ccccc2)c1.CCCC.CO. The zero-order valence-corrected chi connectivity index (χ0v) is 24.7. The molecule has 0 aliphatic rings. The number of aromatic amines is 1. The lowest BCUT2D eigenvalue weighted by molar-refractivity contribution is -0.119. The van der Waals surface area contributed by atoms with E-state index in [0.717, 1.165) is 36.1 Å². The van der Waals surface area contributed by atoms with E-state index in [4.69, 9.17) is 31.7 Å². The molecule has 8 heteroatoms. The number of aliphatic hydroxyl groups excluding tert-OH is 1. The van der Waals surface area contributed by atoms with Gasteiger partial charge in [0.25, 0.3) is 0 Å². The van der Waals surface area contributed by atoms with Crippen LogP contribution in [-0.4, -0.2) is 41.6 Å². The van der Waals surface area contributed by atoms with Crippen molar-refractivity contribution in [3.63, 3.8) is 0 Å². The molecule has 0 spiro atoms. The highest BCUT2D eigenvalue weighted by Crippen LogP contribution is 2.39. The highest BCUT2D eigenvalue weighted by molar-refractivity contribution is 6.12. The molecule has 4 rings (SSSR count). The minimum atomic E-state index is -0.596. The van der Waals surface area contributed by atoms with Crippen molar-refractivity contribution < 1.29 is 14.6 Å². The van der Waals surface area contributed by atoms with Gasteiger partial charge in [-0.2, -0.15) is 0 Å². The van der Waals surface area contributed by atoms with Crippen LogP contribution < -0.4 is 16.2 Å². The number of benzene rings is 3. The molecule has 0 saturated heterocycles. The number of rotatable bonds is 10. The van der Waals surface area contributed by atoms with Crippen molar-refractivity contribution in [2.24, 2.45) is 10.7 Å². The smallest absolute Gasteiger partial charge is 0.226 e. The number of unbranched alkanes of at least 4 members (excludes halogenated alkanes) is 1. The quantitative estimate of drug-likeness (QED) is 0.111. The summed E-state index contributed by atoms with van der Waals surface area (Å²) in [7, 11) is 1.00. The standard InChI is InChI=1S/C28H29N5O2.C4H10.CH4O/c1-17(28(31)34)26-27(25-22(16-29)23(30)11-12-24(25)33-26)32-18(2)20-9-6-10-21(15-20)35-14-13-19-7-4-3-5-8-19;1-3-4-2;1-2/h3-12,15-17,29,33H,13-14,30H2,1-2H3,(H2,31,34);3-4H2,1-2H3;2H,1H3. The van der Waals surface area contributed by atoms with Crippen molar-refractivity contribution in [1.29, 1.82) is 5.41 Å². The van der Waals surface area contributed by atoms with Crippen LogP contribution >= 0.6 is 0 Å². The van der Waals surface area contributed by atoms with E-state index in [0.29, 0.717) is 34.6 Å². The Morgan fingerprint density at radius 3 is 2.37 bits per heavy atom. The molecule has 1 heterocycles. The first-order valence-electron chi connectivity index (χ1n) is 13.8. The number of aromatic nitrogens is 1. The second-order valence-electron chi connectivity index (χ2n) is 9.46. The van der Waals surface area contributed by atoms with Crippen LogP contribution in [0.15, 0.2) is 71.7 Å². The van der Waals surface area contributed by atoms with Crippen LogP contribution in [-0.2, 0) is 11.2 Å². The van der Waals surface area contributed by atoms with E-state index in [2.05, 4.69) is 31.0 Å². The number of nitrogens with one attached hydrogen (secondary N) is 2. The molecule has 0 aliphatic carbocycles. The largest absolute Gasteiger partial charge is 0.493 e. The molecule has 1 aromatic heterocycles. The van der Waals surface area contributed by atoms with Gasteiger partial charge in [0.05, 0.1) is 23.9 Å². The van der Waals surface area contributed by atoms with E-state index in [1.165, 1.54) is 24.6 Å². The summed E-state index contributed by atoms with van der Waals surface area (Å²) in [6, 6.07) is 21.5. The number of H-pyrrole nitrogens is 1. The number of aliphatic imine (C=N–C) groups is 1. The van der Waals surface area contributed by atoms with E-state index in [-0.39, 0.29) is 0 Å². The monoisotopic (exact) mass is 557 g/mol. The number of nitrogen functional groups attached to an aromatic ring is 1. The second-order valence-corrected chi connectivity index (χ2v) is 9.46. The van der Waals surface area contributed by atoms with E-state index >= 15 is 0 Å². The maximum absolute atomic E-state index is 12.0. The van der Waals surface area contributed by atoms with Gasteiger partial charge in [-0.1, -0.05) is 69.2 Å². The first kappa shape index (κ1) is 32.8. The van der Waals surface area contributed by atoms with Gasteiger partial charge < -0.3 is 31.7 Å². The van der Waals surface area contributed by atoms with Crippen LogP contribution in [0.2, 0.25) is 0 Å². The summed E-state index contributed by atoms with van der Waals surface area (Å²) in [5.41, 5.74) is 17.5. The maximum atomic E-state index is 12.0. The average molecular weight is 558 g/mol. The van der Waals surface area contributed by atoms with E-state index in [9.17, 15) is 4.79 Å². The molecule has 218 valence electrons. The molecule has 1 amide bonds. The van der Waals surface area contributed by atoms with Gasteiger partial charge in [0.15, 0.2) is 0 Å². The summed E-state index contributed by atoms with van der Waals surface area (Å²) in [5, 5.41) is 15.6. The Morgan fingerprint density at radius 2 is 1.76 bits per heavy atom. The van der Waals surface area contributed by atoms with Crippen molar-refractivity contribution in [1.82, 2.24) is 4.98 Å². The Morgan fingerprint density at radius 1 is 1.07 bits per heavy atom. The number of hydrogen-bond acceptors (Lipinski definition) is 6. The zero-order chi connectivity index (χ0) is 30.4. The lowest BCUT2D eigenvalue weighted by atomic mass is 10.0. The molecule has 0 saturated carbocycles. The van der Waals surface area contributed by atoms with Crippen LogP contribution in [0.3, 0.4) is 0 Å². The summed E-state index contributed by atoms with van der Waals surface area (Å²) in [4.78, 5) is 20.2. The number of aliphatic hydroxyl groups is 1. The van der Waals surface area contributed by atoms with Crippen LogP contribution in [0.5, 0.6) is 5.75 Å². The molecular formula is C33H43N5O3. The van der Waals surface area contributed by atoms with Crippen molar-refractivity contribution in [2.75, 3.05) is 19.5 Å². The Labute approximate surface area is 243 Å². The molecule has 0 radical (unpaired) electrons. The molecule has 1 atom stereocenters. The topological polar surface area (TPSA) is 151 Å². The van der Waals surface area contributed by atoms with Crippen molar-refractivity contribution in [3.8, 4) is 5.75 Å². The molecule has 7 N–H and O–H groups in total. The predicted molar refractivity (Wildman–Crippen MR) is 171 cm³/mol. The fourth-order valence-electron chi connectivity index (χ4n) is 4.04. The zero-order valence-electron chi connectivity index (χ0n) is 24.7. The van der Waals surface area contributed by atoms with E-state index < -0.39 is 11.8 Å². The Kier molecular flexibility index (Phi) is 13.3. The minimum Gasteiger partial charge on any atom is -0.493 e. The number of fused-ring (bicyclic) bond motifs is 1. The Bertz CT molecular complexity index is 1440. The lowest BCUT2D eigenvalue weighted by Gasteiger charge is -2.10. The summed E-state index contributed by atoms with van der Waals surface area (Å²) in [5.74, 6) is -0.313. The predicted octanol–water partition coefficient (Wildman–Crippen LogP) is 6.51. The molecule has 0 bridgehead atoms. The van der Waals surface area contributed by atoms with Gasteiger partial charge in [-0.3, -0.25) is 9.79 Å². The fourth-order valence-corrected chi connectivity index (χ4v) is 4.04. The van der Waals surface area contributed by atoms with E-state index in [1.54, 1.807) is 13.0 Å². The summed E-state index contributed by atoms with van der Waals surface area (Å²) < 4.78 is 5.98. The van der Waals surface area contributed by atoms with Crippen molar-refractivity contribution >= 4 is 40.1 Å². The first-order valence-corrected chi connectivity index (χ1v) is 13.8. The lowest BCUT2D eigenvalue weighted by Crippen LogP contribution is -2.19. The molecule has 41 heavy (non-hydrogen) atoms. The molecule has 1 unspecified atom stereocenters. The van der Waals surface area contributed by atoms with Gasteiger partial charge in [0.2, 0.25) is 5.91 Å². The third-order valence-electron chi connectivity index (χ3n) is 6.58. The van der Waals surface area contributed by atoms with Crippen molar-refractivity contribution in [3.05, 3.63) is 89.1 Å². The van der Waals surface area contributed by atoms with Crippen LogP contribution in [0.1, 0.15) is 68.8 Å². The third-order valence-corrected chi connectivity index (χ3v) is 6.58. The van der Waals surface area contributed by atoms with Gasteiger partial charge >= 0.3 is 0 Å². The maximum Gasteiger partial charge on any atom is 0.226 e. The molecular weight excluding hydrogens is 514 g/mol. The molecule has 0 fully saturated rings. The number of hydrogen-bond donors (Lipinski definition) is 5. The van der Waals surface area contributed by atoms with Crippen LogP contribution in [0.4, 0.5) is 11.4 Å². The number of primary amides is 1. The van der Waals surface area contributed by atoms with E-state index in [1.807, 2.05) is 55.5 Å². The van der Waals surface area contributed by atoms with Crippen LogP contribution in [0, 0.1) is 5.41 Å².